The average Bonchev–Trinajstić information content (AvgIpc) is 2.42. The third-order valence-electron chi connectivity index (χ3n) is 2.61. The van der Waals surface area contributed by atoms with Crippen LogP contribution in [0.1, 0.15) is 17.3 Å². The van der Waals surface area contributed by atoms with Crippen molar-refractivity contribution >= 4 is 11.7 Å². The topological polar surface area (TPSA) is 76.3 Å². The van der Waals surface area contributed by atoms with Crippen LogP contribution < -0.4 is 5.84 Å². The number of amides is 1. The molecule has 0 fully saturated rings. The summed E-state index contributed by atoms with van der Waals surface area (Å²) in [6, 6.07) is 3.12. The standard InChI is InChI=1S/C14H13N3O2/c1-10-2-3-12(13(18)8-10)9-17(15)14(19)11-4-6-16-7-5-11/h2-9H,15H2,1H3. The molecule has 96 valence electrons. The van der Waals surface area contributed by atoms with E-state index in [1.54, 1.807) is 24.3 Å². The van der Waals surface area contributed by atoms with E-state index < -0.39 is 5.91 Å². The SMILES string of the molecule is CC1=CC(=O)C(=CN(N)C(=O)c2ccncc2)C=C1. The molecule has 0 saturated carbocycles. The Labute approximate surface area is 110 Å². The van der Waals surface area contributed by atoms with E-state index in [1.807, 2.05) is 6.92 Å². The summed E-state index contributed by atoms with van der Waals surface area (Å²) in [6.45, 7) is 1.83. The van der Waals surface area contributed by atoms with Crippen LogP contribution in [0.25, 0.3) is 0 Å². The third kappa shape index (κ3) is 3.02. The first-order chi connectivity index (χ1) is 9.08. The van der Waals surface area contributed by atoms with Gasteiger partial charge in [0.2, 0.25) is 0 Å². The van der Waals surface area contributed by atoms with Crippen LogP contribution in [0, 0.1) is 0 Å². The van der Waals surface area contributed by atoms with Crippen molar-refractivity contribution in [3.05, 3.63) is 65.7 Å². The fourth-order valence-electron chi connectivity index (χ4n) is 1.60. The van der Waals surface area contributed by atoms with Gasteiger partial charge in [-0.05, 0) is 36.8 Å². The Bertz CT molecular complexity index is 600. The molecule has 2 N–H and O–H groups in total. The predicted molar refractivity (Wildman–Crippen MR) is 70.6 cm³/mol. The Kier molecular flexibility index (Phi) is 3.68. The first-order valence-corrected chi connectivity index (χ1v) is 5.69. The van der Waals surface area contributed by atoms with Gasteiger partial charge in [-0.1, -0.05) is 6.08 Å². The maximum atomic E-state index is 12.0. The monoisotopic (exact) mass is 255 g/mol. The second-order valence-electron chi connectivity index (χ2n) is 4.12. The quantitative estimate of drug-likeness (QED) is 0.375. The summed E-state index contributed by atoms with van der Waals surface area (Å²) in [5.41, 5.74) is 1.65. The number of pyridine rings is 1. The smallest absolute Gasteiger partial charge is 0.272 e. The molecular formula is C14H13N3O2. The van der Waals surface area contributed by atoms with Crippen LogP contribution in [0.15, 0.2) is 60.1 Å². The number of hydrazine groups is 1. The van der Waals surface area contributed by atoms with Gasteiger partial charge in [0.05, 0.1) is 0 Å². The lowest BCUT2D eigenvalue weighted by Crippen LogP contribution is -2.33. The number of carbonyl (C=O) groups excluding carboxylic acids is 2. The molecule has 1 heterocycles. The van der Waals surface area contributed by atoms with Gasteiger partial charge in [-0.25, -0.2) is 5.84 Å². The second-order valence-corrected chi connectivity index (χ2v) is 4.12. The Morgan fingerprint density at radius 2 is 2.00 bits per heavy atom. The maximum Gasteiger partial charge on any atom is 0.272 e. The minimum atomic E-state index is -0.401. The Balaban J connectivity index is 2.18. The van der Waals surface area contributed by atoms with Crippen LogP contribution in [-0.2, 0) is 4.79 Å². The largest absolute Gasteiger partial charge is 0.289 e. The lowest BCUT2D eigenvalue weighted by molar-refractivity contribution is -0.111. The number of ketones is 1. The highest BCUT2D eigenvalue weighted by Crippen LogP contribution is 2.12. The van der Waals surface area contributed by atoms with Crippen molar-refractivity contribution in [2.24, 2.45) is 5.84 Å². The van der Waals surface area contributed by atoms with E-state index >= 15 is 0 Å². The number of rotatable bonds is 2. The van der Waals surface area contributed by atoms with Crippen LogP contribution in [0.2, 0.25) is 0 Å². The van der Waals surface area contributed by atoms with Crippen molar-refractivity contribution in [3.63, 3.8) is 0 Å². The summed E-state index contributed by atoms with van der Waals surface area (Å²) in [6.07, 6.45) is 9.26. The van der Waals surface area contributed by atoms with Crippen molar-refractivity contribution in [1.29, 1.82) is 0 Å². The third-order valence-corrected chi connectivity index (χ3v) is 2.61. The Hall–Kier alpha value is -2.53. The van der Waals surface area contributed by atoms with Gasteiger partial charge >= 0.3 is 0 Å². The number of nitrogens with two attached hydrogens (primary N) is 1. The zero-order valence-electron chi connectivity index (χ0n) is 10.4. The molecule has 1 aliphatic rings. The number of allylic oxidation sites excluding steroid dienone is 5. The van der Waals surface area contributed by atoms with Crippen LogP contribution in [-0.4, -0.2) is 21.7 Å². The van der Waals surface area contributed by atoms with Crippen LogP contribution >= 0.6 is 0 Å². The lowest BCUT2D eigenvalue weighted by Gasteiger charge is -2.13. The molecule has 1 aromatic heterocycles. The van der Waals surface area contributed by atoms with Gasteiger partial charge < -0.3 is 0 Å². The summed E-state index contributed by atoms with van der Waals surface area (Å²) in [5.74, 6) is 5.09. The molecule has 0 saturated heterocycles. The zero-order valence-corrected chi connectivity index (χ0v) is 10.4. The van der Waals surface area contributed by atoms with Gasteiger partial charge in [0, 0.05) is 29.7 Å². The van der Waals surface area contributed by atoms with Gasteiger partial charge in [0.25, 0.3) is 5.91 Å². The lowest BCUT2D eigenvalue weighted by atomic mass is 10.0. The van der Waals surface area contributed by atoms with E-state index in [0.717, 1.165) is 10.6 Å². The van der Waals surface area contributed by atoms with Gasteiger partial charge in [-0.3, -0.25) is 19.6 Å². The highest BCUT2D eigenvalue weighted by atomic mass is 16.2. The van der Waals surface area contributed by atoms with Crippen molar-refractivity contribution in [1.82, 2.24) is 9.99 Å². The van der Waals surface area contributed by atoms with E-state index in [1.165, 1.54) is 24.7 Å². The Morgan fingerprint density at radius 3 is 2.63 bits per heavy atom. The molecule has 5 heteroatoms. The van der Waals surface area contributed by atoms with Crippen LogP contribution in [0.3, 0.4) is 0 Å². The summed E-state index contributed by atoms with van der Waals surface area (Å²) in [4.78, 5) is 27.5. The van der Waals surface area contributed by atoms with Gasteiger partial charge in [0.15, 0.2) is 5.78 Å². The molecule has 0 atom stereocenters. The fourth-order valence-corrected chi connectivity index (χ4v) is 1.60. The Morgan fingerprint density at radius 1 is 1.32 bits per heavy atom. The number of nitrogens with zero attached hydrogens (tertiary/aromatic N) is 2. The minimum absolute atomic E-state index is 0.169. The normalized spacial score (nSPS) is 16.4. The molecular weight excluding hydrogens is 242 g/mol. The number of aromatic nitrogens is 1. The maximum absolute atomic E-state index is 12.0. The highest BCUT2D eigenvalue weighted by molar-refractivity contribution is 6.08. The predicted octanol–water partition coefficient (Wildman–Crippen LogP) is 1.37. The molecule has 1 aromatic rings. The van der Waals surface area contributed by atoms with E-state index in [-0.39, 0.29) is 5.78 Å². The molecule has 0 spiro atoms. The molecule has 0 aliphatic heterocycles. The average molecular weight is 255 g/mol. The molecule has 0 bridgehead atoms. The van der Waals surface area contributed by atoms with Crippen LogP contribution in [0.5, 0.6) is 0 Å². The molecule has 0 aromatic carbocycles. The van der Waals surface area contributed by atoms with Gasteiger partial charge in [-0.15, -0.1) is 0 Å². The van der Waals surface area contributed by atoms with E-state index in [9.17, 15) is 9.59 Å². The van der Waals surface area contributed by atoms with Crippen molar-refractivity contribution in [2.45, 2.75) is 6.92 Å². The fraction of sp³-hybridized carbons (Fsp3) is 0.0714. The molecule has 0 unspecified atom stereocenters. The van der Waals surface area contributed by atoms with Gasteiger partial charge in [-0.2, -0.15) is 0 Å². The molecule has 5 nitrogen and oxygen atoms in total. The van der Waals surface area contributed by atoms with E-state index in [4.69, 9.17) is 5.84 Å². The summed E-state index contributed by atoms with van der Waals surface area (Å²) in [5, 5.41) is 0.904. The number of hydrogen-bond donors (Lipinski definition) is 1. The first-order valence-electron chi connectivity index (χ1n) is 5.69. The van der Waals surface area contributed by atoms with Crippen molar-refractivity contribution in [2.75, 3.05) is 0 Å². The number of carbonyl (C=O) groups is 2. The second kappa shape index (κ2) is 5.41. The van der Waals surface area contributed by atoms with E-state index in [2.05, 4.69) is 4.98 Å². The summed E-state index contributed by atoms with van der Waals surface area (Å²) >= 11 is 0. The van der Waals surface area contributed by atoms with Gasteiger partial charge in [0.1, 0.15) is 0 Å². The van der Waals surface area contributed by atoms with Crippen LogP contribution in [0.4, 0.5) is 0 Å². The van der Waals surface area contributed by atoms with Crippen molar-refractivity contribution in [3.8, 4) is 0 Å². The van der Waals surface area contributed by atoms with E-state index in [0.29, 0.717) is 11.1 Å². The molecule has 1 amide bonds. The molecule has 1 aliphatic carbocycles. The molecule has 2 rings (SSSR count). The first kappa shape index (κ1) is 12.9. The molecule has 19 heavy (non-hydrogen) atoms. The zero-order chi connectivity index (χ0) is 13.8. The van der Waals surface area contributed by atoms with Crippen molar-refractivity contribution < 1.29 is 9.59 Å². The summed E-state index contributed by atoms with van der Waals surface area (Å²) < 4.78 is 0. The minimum Gasteiger partial charge on any atom is -0.289 e. The number of hydrogen-bond acceptors (Lipinski definition) is 4. The highest BCUT2D eigenvalue weighted by Gasteiger charge is 2.14. The summed E-state index contributed by atoms with van der Waals surface area (Å²) in [7, 11) is 0. The molecule has 0 radical (unpaired) electrons.